The van der Waals surface area contributed by atoms with E-state index in [-0.39, 0.29) is 23.5 Å². The average Bonchev–Trinajstić information content (AvgIpc) is 2.99. The Labute approximate surface area is 161 Å². The van der Waals surface area contributed by atoms with Gasteiger partial charge in [-0.15, -0.1) is 0 Å². The van der Waals surface area contributed by atoms with Gasteiger partial charge in [0.1, 0.15) is 0 Å². The zero-order chi connectivity index (χ0) is 19.4. The lowest BCUT2D eigenvalue weighted by Gasteiger charge is -2.29. The first-order chi connectivity index (χ1) is 12.9. The summed E-state index contributed by atoms with van der Waals surface area (Å²) in [4.78, 5) is 14.4. The highest BCUT2D eigenvalue weighted by Crippen LogP contribution is 2.25. The zero-order valence-corrected chi connectivity index (χ0v) is 16.6. The van der Waals surface area contributed by atoms with E-state index in [1.165, 1.54) is 0 Å². The molecule has 0 saturated carbocycles. The SMILES string of the molecule is CCN(c1ccc(NC(=O)Cc2ccccc2C)cc1)C1CCS(=O)(=O)C1. The van der Waals surface area contributed by atoms with Crippen molar-refractivity contribution in [2.45, 2.75) is 32.7 Å². The molecule has 6 heteroatoms. The number of hydrogen-bond donors (Lipinski definition) is 1. The topological polar surface area (TPSA) is 66.5 Å². The summed E-state index contributed by atoms with van der Waals surface area (Å²) >= 11 is 0. The van der Waals surface area contributed by atoms with E-state index in [9.17, 15) is 13.2 Å². The number of rotatable bonds is 6. The molecule has 0 bridgehead atoms. The molecule has 0 aliphatic carbocycles. The van der Waals surface area contributed by atoms with E-state index in [1.807, 2.05) is 62.4 Å². The predicted molar refractivity (Wildman–Crippen MR) is 110 cm³/mol. The number of carbonyl (C=O) groups is 1. The molecule has 0 spiro atoms. The molecule has 1 aliphatic rings. The summed E-state index contributed by atoms with van der Waals surface area (Å²) in [5.41, 5.74) is 3.85. The fourth-order valence-electron chi connectivity index (χ4n) is 3.60. The number of benzene rings is 2. The van der Waals surface area contributed by atoms with E-state index in [0.29, 0.717) is 12.8 Å². The van der Waals surface area contributed by atoms with Crippen molar-refractivity contribution in [1.29, 1.82) is 0 Å². The van der Waals surface area contributed by atoms with Gasteiger partial charge in [-0.2, -0.15) is 0 Å². The Kier molecular flexibility index (Phi) is 5.85. The monoisotopic (exact) mass is 386 g/mol. The first kappa shape index (κ1) is 19.4. The van der Waals surface area contributed by atoms with Crippen molar-refractivity contribution in [3.05, 3.63) is 59.7 Å². The molecule has 0 aromatic heterocycles. The van der Waals surface area contributed by atoms with Crippen LogP contribution >= 0.6 is 0 Å². The average molecular weight is 387 g/mol. The fourth-order valence-corrected chi connectivity index (χ4v) is 5.33. The van der Waals surface area contributed by atoms with E-state index in [1.54, 1.807) is 0 Å². The molecule has 1 unspecified atom stereocenters. The summed E-state index contributed by atoms with van der Waals surface area (Å²) in [6.07, 6.45) is 1.01. The van der Waals surface area contributed by atoms with Crippen molar-refractivity contribution < 1.29 is 13.2 Å². The third kappa shape index (κ3) is 4.89. The molecule has 1 heterocycles. The molecule has 1 N–H and O–H groups in total. The van der Waals surface area contributed by atoms with E-state index in [0.717, 1.165) is 29.0 Å². The maximum Gasteiger partial charge on any atom is 0.228 e. The van der Waals surface area contributed by atoms with Crippen LogP contribution in [-0.4, -0.2) is 38.4 Å². The summed E-state index contributed by atoms with van der Waals surface area (Å²) in [6.45, 7) is 4.78. The smallest absolute Gasteiger partial charge is 0.228 e. The number of nitrogens with one attached hydrogen (secondary N) is 1. The van der Waals surface area contributed by atoms with Crippen molar-refractivity contribution in [2.24, 2.45) is 0 Å². The van der Waals surface area contributed by atoms with Gasteiger partial charge in [-0.05, 0) is 55.7 Å². The van der Waals surface area contributed by atoms with Crippen LogP contribution in [0.15, 0.2) is 48.5 Å². The molecule has 1 aliphatic heterocycles. The molecule has 27 heavy (non-hydrogen) atoms. The number of amides is 1. The highest BCUT2D eigenvalue weighted by molar-refractivity contribution is 7.91. The second-order valence-electron chi connectivity index (χ2n) is 7.04. The Morgan fingerprint density at radius 3 is 2.44 bits per heavy atom. The molecular weight excluding hydrogens is 360 g/mol. The quantitative estimate of drug-likeness (QED) is 0.828. The summed E-state index contributed by atoms with van der Waals surface area (Å²) in [7, 11) is -2.91. The zero-order valence-electron chi connectivity index (χ0n) is 15.8. The third-order valence-electron chi connectivity index (χ3n) is 5.08. The van der Waals surface area contributed by atoms with E-state index in [2.05, 4.69) is 10.2 Å². The van der Waals surface area contributed by atoms with Gasteiger partial charge < -0.3 is 10.2 Å². The normalized spacial score (nSPS) is 18.2. The first-order valence-electron chi connectivity index (χ1n) is 9.29. The molecular formula is C21H26N2O3S. The molecule has 1 atom stereocenters. The third-order valence-corrected chi connectivity index (χ3v) is 6.84. The van der Waals surface area contributed by atoms with Gasteiger partial charge in [0.05, 0.1) is 17.9 Å². The molecule has 2 aromatic carbocycles. The second kappa shape index (κ2) is 8.13. The van der Waals surface area contributed by atoms with Gasteiger partial charge in [-0.25, -0.2) is 8.42 Å². The number of carbonyl (C=O) groups excluding carboxylic acids is 1. The van der Waals surface area contributed by atoms with Gasteiger partial charge in [-0.1, -0.05) is 24.3 Å². The standard InChI is InChI=1S/C21H26N2O3S/c1-3-23(20-12-13-27(25,26)15-20)19-10-8-18(9-11-19)22-21(24)14-17-7-5-4-6-16(17)2/h4-11,20H,3,12-15H2,1-2H3,(H,22,24). The Balaban J connectivity index is 1.64. The molecule has 144 valence electrons. The van der Waals surface area contributed by atoms with E-state index in [4.69, 9.17) is 0 Å². The Bertz CT molecular complexity index is 907. The van der Waals surface area contributed by atoms with Gasteiger partial charge in [0, 0.05) is 24.0 Å². The number of nitrogens with zero attached hydrogens (tertiary/aromatic N) is 1. The summed E-state index contributed by atoms with van der Waals surface area (Å²) in [5.74, 6) is 0.433. The van der Waals surface area contributed by atoms with Crippen LogP contribution in [0.4, 0.5) is 11.4 Å². The van der Waals surface area contributed by atoms with Crippen LogP contribution in [0, 0.1) is 6.92 Å². The highest BCUT2D eigenvalue weighted by atomic mass is 32.2. The Morgan fingerprint density at radius 2 is 1.85 bits per heavy atom. The van der Waals surface area contributed by atoms with Crippen molar-refractivity contribution >= 4 is 27.1 Å². The lowest BCUT2D eigenvalue weighted by atomic mass is 10.1. The van der Waals surface area contributed by atoms with Gasteiger partial charge in [-0.3, -0.25) is 4.79 Å². The van der Waals surface area contributed by atoms with Crippen molar-refractivity contribution in [3.63, 3.8) is 0 Å². The summed E-state index contributed by atoms with van der Waals surface area (Å²) in [5, 5.41) is 2.93. The van der Waals surface area contributed by atoms with Crippen LogP contribution in [0.1, 0.15) is 24.5 Å². The van der Waals surface area contributed by atoms with E-state index >= 15 is 0 Å². The first-order valence-corrected chi connectivity index (χ1v) is 11.1. The lowest BCUT2D eigenvalue weighted by molar-refractivity contribution is -0.115. The number of anilines is 2. The molecule has 2 aromatic rings. The van der Waals surface area contributed by atoms with Crippen LogP contribution < -0.4 is 10.2 Å². The minimum Gasteiger partial charge on any atom is -0.368 e. The van der Waals surface area contributed by atoms with Crippen molar-refractivity contribution in [2.75, 3.05) is 28.3 Å². The molecule has 0 radical (unpaired) electrons. The van der Waals surface area contributed by atoms with Crippen molar-refractivity contribution in [3.8, 4) is 0 Å². The number of sulfone groups is 1. The van der Waals surface area contributed by atoms with E-state index < -0.39 is 9.84 Å². The van der Waals surface area contributed by atoms with Gasteiger partial charge in [0.25, 0.3) is 0 Å². The second-order valence-corrected chi connectivity index (χ2v) is 9.27. The molecule has 1 amide bonds. The van der Waals surface area contributed by atoms with Gasteiger partial charge >= 0.3 is 0 Å². The molecule has 1 fully saturated rings. The van der Waals surface area contributed by atoms with Gasteiger partial charge in [0.15, 0.2) is 9.84 Å². The Hall–Kier alpha value is -2.34. The van der Waals surface area contributed by atoms with Crippen molar-refractivity contribution in [1.82, 2.24) is 0 Å². The van der Waals surface area contributed by atoms with Crippen LogP contribution in [0.3, 0.4) is 0 Å². The summed E-state index contributed by atoms with van der Waals surface area (Å²) < 4.78 is 23.5. The highest BCUT2D eigenvalue weighted by Gasteiger charge is 2.31. The fraction of sp³-hybridized carbons (Fsp3) is 0.381. The van der Waals surface area contributed by atoms with Crippen LogP contribution in [-0.2, 0) is 21.1 Å². The molecule has 5 nitrogen and oxygen atoms in total. The molecule has 3 rings (SSSR count). The number of hydrogen-bond acceptors (Lipinski definition) is 4. The van der Waals surface area contributed by atoms with Gasteiger partial charge in [0.2, 0.25) is 5.91 Å². The maximum absolute atomic E-state index is 12.3. The van der Waals surface area contributed by atoms with Crippen LogP contribution in [0.25, 0.3) is 0 Å². The Morgan fingerprint density at radius 1 is 1.15 bits per heavy atom. The van der Waals surface area contributed by atoms with Crippen LogP contribution in [0.5, 0.6) is 0 Å². The minimum atomic E-state index is -2.91. The number of aryl methyl sites for hydroxylation is 1. The predicted octanol–water partition coefficient (Wildman–Crippen LogP) is 3.19. The minimum absolute atomic E-state index is 0.0292. The maximum atomic E-state index is 12.3. The van der Waals surface area contributed by atoms with Crippen LogP contribution in [0.2, 0.25) is 0 Å². The summed E-state index contributed by atoms with van der Waals surface area (Å²) in [6, 6.07) is 15.5. The lowest BCUT2D eigenvalue weighted by Crippen LogP contribution is -2.36. The molecule has 1 saturated heterocycles. The largest absolute Gasteiger partial charge is 0.368 e.